The smallest absolute Gasteiger partial charge is 0.161 e. The standard InChI is InChI=1S/C12H17N2O4S/c1-19(15,16)14-5-4-13-9-10-2-3-11-12(8-10)18-7-6-17-11/h2-3,8,13H,4-7,9H2,1H3/q-1/p+1. The Hall–Kier alpha value is -1.31. The van der Waals surface area contributed by atoms with Crippen molar-refractivity contribution in [1.82, 2.24) is 0 Å². The van der Waals surface area contributed by atoms with Crippen LogP contribution in [-0.2, 0) is 16.6 Å². The summed E-state index contributed by atoms with van der Waals surface area (Å²) in [6.07, 6.45) is 1.10. The highest BCUT2D eigenvalue weighted by atomic mass is 32.2. The molecule has 0 aromatic heterocycles. The minimum atomic E-state index is -3.21. The van der Waals surface area contributed by atoms with Crippen molar-refractivity contribution in [3.05, 3.63) is 28.5 Å². The van der Waals surface area contributed by atoms with Crippen LogP contribution in [0.3, 0.4) is 0 Å². The van der Waals surface area contributed by atoms with E-state index in [4.69, 9.17) is 9.47 Å². The zero-order chi connectivity index (χ0) is 13.7. The van der Waals surface area contributed by atoms with Crippen LogP contribution in [0.2, 0.25) is 0 Å². The van der Waals surface area contributed by atoms with Gasteiger partial charge in [-0.1, -0.05) is 6.54 Å². The normalized spacial score (nSPS) is 14.4. The van der Waals surface area contributed by atoms with Gasteiger partial charge in [-0.25, -0.2) is 8.42 Å². The predicted octanol–water partition coefficient (Wildman–Crippen LogP) is -0.145. The van der Waals surface area contributed by atoms with Crippen LogP contribution in [0.4, 0.5) is 0 Å². The van der Waals surface area contributed by atoms with Gasteiger partial charge in [-0.2, -0.15) is 0 Å². The number of ether oxygens (including phenoxy) is 2. The number of fused-ring (bicyclic) bond motifs is 1. The minimum absolute atomic E-state index is 0.309. The Balaban J connectivity index is 1.77. The quantitative estimate of drug-likeness (QED) is 0.737. The summed E-state index contributed by atoms with van der Waals surface area (Å²) in [6, 6.07) is 5.84. The van der Waals surface area contributed by atoms with Crippen LogP contribution >= 0.6 is 0 Å². The van der Waals surface area contributed by atoms with Crippen molar-refractivity contribution >= 4 is 10.0 Å². The van der Waals surface area contributed by atoms with Crippen LogP contribution in [-0.4, -0.2) is 41.0 Å². The van der Waals surface area contributed by atoms with Crippen LogP contribution in [0.5, 0.6) is 11.5 Å². The lowest BCUT2D eigenvalue weighted by molar-refractivity contribution is -0.667. The molecule has 0 amide bonds. The molecule has 0 radical (unpaired) electrons. The van der Waals surface area contributed by atoms with Crippen molar-refractivity contribution in [2.75, 3.05) is 32.6 Å². The Morgan fingerprint density at radius 2 is 2.00 bits per heavy atom. The van der Waals surface area contributed by atoms with Gasteiger partial charge in [0.2, 0.25) is 0 Å². The largest absolute Gasteiger partial charge is 0.545 e. The van der Waals surface area contributed by atoms with Crippen LogP contribution in [0.1, 0.15) is 5.56 Å². The molecule has 0 spiro atoms. The molecule has 1 aliphatic rings. The van der Waals surface area contributed by atoms with Gasteiger partial charge in [0.1, 0.15) is 19.8 Å². The Kier molecular flexibility index (Phi) is 4.62. The highest BCUT2D eigenvalue weighted by molar-refractivity contribution is 7.93. The first-order valence-corrected chi connectivity index (χ1v) is 7.98. The van der Waals surface area contributed by atoms with Gasteiger partial charge < -0.3 is 19.5 Å². The molecule has 1 aromatic carbocycles. The summed E-state index contributed by atoms with van der Waals surface area (Å²) in [7, 11) is -3.21. The number of quaternary nitrogens is 1. The van der Waals surface area contributed by atoms with E-state index < -0.39 is 10.0 Å². The highest BCUT2D eigenvalue weighted by Gasteiger charge is 2.11. The van der Waals surface area contributed by atoms with Crippen LogP contribution in [0, 0.1) is 0 Å². The molecule has 2 rings (SSSR count). The first kappa shape index (κ1) is 14.1. The molecule has 1 aliphatic heterocycles. The molecule has 6 nitrogen and oxygen atoms in total. The monoisotopic (exact) mass is 286 g/mol. The number of benzene rings is 1. The molecular formula is C12H18N2O4S. The van der Waals surface area contributed by atoms with Crippen molar-refractivity contribution in [2.45, 2.75) is 6.54 Å². The summed E-state index contributed by atoms with van der Waals surface area (Å²) in [6.45, 7) is 2.87. The molecule has 1 aromatic rings. The van der Waals surface area contributed by atoms with Gasteiger partial charge >= 0.3 is 0 Å². The molecule has 7 heteroatoms. The molecule has 19 heavy (non-hydrogen) atoms. The first-order valence-electron chi connectivity index (χ1n) is 6.13. The lowest BCUT2D eigenvalue weighted by atomic mass is 10.2. The molecule has 0 saturated heterocycles. The van der Waals surface area contributed by atoms with E-state index in [2.05, 4.69) is 4.72 Å². The molecule has 0 bridgehead atoms. The minimum Gasteiger partial charge on any atom is -0.545 e. The van der Waals surface area contributed by atoms with Crippen molar-refractivity contribution in [2.24, 2.45) is 0 Å². The maximum Gasteiger partial charge on any atom is 0.161 e. The third kappa shape index (κ3) is 4.70. The molecule has 0 saturated carbocycles. The average molecular weight is 286 g/mol. The zero-order valence-electron chi connectivity index (χ0n) is 10.8. The molecule has 106 valence electrons. The molecule has 2 N–H and O–H groups in total. The van der Waals surface area contributed by atoms with Crippen LogP contribution in [0.25, 0.3) is 4.72 Å². The van der Waals surface area contributed by atoms with Crippen molar-refractivity contribution in [1.29, 1.82) is 0 Å². The molecule has 0 fully saturated rings. The second-order valence-electron chi connectivity index (χ2n) is 4.35. The van der Waals surface area contributed by atoms with Crippen LogP contribution in [0.15, 0.2) is 18.2 Å². The molecule has 0 aliphatic carbocycles. The Bertz CT molecular complexity index is 531. The average Bonchev–Trinajstić information content (AvgIpc) is 2.37. The van der Waals surface area contributed by atoms with E-state index in [0.717, 1.165) is 29.9 Å². The van der Waals surface area contributed by atoms with Crippen molar-refractivity contribution in [3.8, 4) is 11.5 Å². The maximum absolute atomic E-state index is 10.8. The van der Waals surface area contributed by atoms with E-state index in [-0.39, 0.29) is 0 Å². The van der Waals surface area contributed by atoms with Gasteiger partial charge in [0.05, 0.1) is 16.6 Å². The van der Waals surface area contributed by atoms with Gasteiger partial charge in [-0.15, -0.1) is 0 Å². The summed E-state index contributed by atoms with van der Waals surface area (Å²) >= 11 is 0. The number of sulfonamides is 1. The van der Waals surface area contributed by atoms with Crippen molar-refractivity contribution < 1.29 is 23.2 Å². The van der Waals surface area contributed by atoms with E-state index in [9.17, 15) is 8.42 Å². The van der Waals surface area contributed by atoms with E-state index in [0.29, 0.717) is 26.3 Å². The second kappa shape index (κ2) is 6.23. The molecule has 1 heterocycles. The summed E-state index contributed by atoms with van der Waals surface area (Å²) in [5, 5.41) is 2.01. The molecule has 0 atom stereocenters. The fraction of sp³-hybridized carbons (Fsp3) is 0.500. The number of hydrogen-bond acceptors (Lipinski definition) is 4. The van der Waals surface area contributed by atoms with Crippen molar-refractivity contribution in [3.63, 3.8) is 0 Å². The summed E-state index contributed by atoms with van der Waals surface area (Å²) in [5.74, 6) is 1.56. The Morgan fingerprint density at radius 1 is 1.26 bits per heavy atom. The molecule has 0 unspecified atom stereocenters. The van der Waals surface area contributed by atoms with Gasteiger partial charge in [-0.3, -0.25) is 0 Å². The van der Waals surface area contributed by atoms with Gasteiger partial charge in [0.15, 0.2) is 11.5 Å². The fourth-order valence-electron chi connectivity index (χ4n) is 1.79. The van der Waals surface area contributed by atoms with Gasteiger partial charge in [0.25, 0.3) is 0 Å². The van der Waals surface area contributed by atoms with E-state index in [1.165, 1.54) is 0 Å². The number of nitrogens with zero attached hydrogens (tertiary/aromatic N) is 1. The Morgan fingerprint density at radius 3 is 2.74 bits per heavy atom. The third-order valence-electron chi connectivity index (χ3n) is 2.65. The number of rotatable bonds is 6. The van der Waals surface area contributed by atoms with E-state index in [1.54, 1.807) is 0 Å². The summed E-state index contributed by atoms with van der Waals surface area (Å²) < 4.78 is 36.1. The second-order valence-corrected chi connectivity index (χ2v) is 6.07. The SMILES string of the molecule is CS(=O)(=O)[N-]CC[NH2+]Cc1ccc2c(c1)OCCO2. The highest BCUT2D eigenvalue weighted by Crippen LogP contribution is 2.30. The van der Waals surface area contributed by atoms with Crippen LogP contribution < -0.4 is 14.8 Å². The number of nitrogens with two attached hydrogens (primary N) is 1. The first-order chi connectivity index (χ1) is 9.04. The van der Waals surface area contributed by atoms with Gasteiger partial charge in [0, 0.05) is 11.8 Å². The predicted molar refractivity (Wildman–Crippen MR) is 71.0 cm³/mol. The lowest BCUT2D eigenvalue weighted by Crippen LogP contribution is -2.83. The zero-order valence-corrected chi connectivity index (χ0v) is 11.6. The molecular weight excluding hydrogens is 268 g/mol. The fourth-order valence-corrected chi connectivity index (χ4v) is 2.23. The lowest BCUT2D eigenvalue weighted by Gasteiger charge is -2.19. The topological polar surface area (TPSA) is 83.3 Å². The van der Waals surface area contributed by atoms with Gasteiger partial charge in [-0.05, 0) is 18.2 Å². The third-order valence-corrected chi connectivity index (χ3v) is 3.30. The number of hydrogen-bond donors (Lipinski definition) is 1. The Labute approximate surface area is 113 Å². The maximum atomic E-state index is 10.8. The van der Waals surface area contributed by atoms with E-state index >= 15 is 0 Å². The summed E-state index contributed by atoms with van der Waals surface area (Å²) in [5.41, 5.74) is 1.11. The van der Waals surface area contributed by atoms with E-state index in [1.807, 2.05) is 23.5 Å². The summed E-state index contributed by atoms with van der Waals surface area (Å²) in [4.78, 5) is 0.